The van der Waals surface area contributed by atoms with E-state index in [1.54, 1.807) is 0 Å². The second-order valence-corrected chi connectivity index (χ2v) is 4.45. The van der Waals surface area contributed by atoms with Crippen LogP contribution in [0.25, 0.3) is 11.0 Å². The summed E-state index contributed by atoms with van der Waals surface area (Å²) in [5.41, 5.74) is 2.21. The summed E-state index contributed by atoms with van der Waals surface area (Å²) in [4.78, 5) is 4.39. The molecule has 62 valence electrons. The van der Waals surface area contributed by atoms with Crippen LogP contribution in [0.1, 0.15) is 0 Å². The first-order chi connectivity index (χ1) is 5.68. The molecule has 0 bridgehead atoms. The molecule has 0 saturated heterocycles. The Labute approximate surface area is 92.2 Å². The molecule has 0 fully saturated rings. The Morgan fingerprint density at radius 1 is 1.50 bits per heavy atom. The summed E-state index contributed by atoms with van der Waals surface area (Å²) in [5, 5.41) is 0. The summed E-state index contributed by atoms with van der Waals surface area (Å²) >= 11 is 5.64. The normalized spacial score (nSPS) is 10.9. The van der Waals surface area contributed by atoms with Crippen molar-refractivity contribution < 1.29 is 0 Å². The van der Waals surface area contributed by atoms with Crippen molar-refractivity contribution in [2.24, 2.45) is 7.05 Å². The molecule has 1 heterocycles. The number of hydrogen-bond acceptors (Lipinski definition) is 1. The van der Waals surface area contributed by atoms with Gasteiger partial charge >= 0.3 is 0 Å². The van der Waals surface area contributed by atoms with Crippen LogP contribution in [0.5, 0.6) is 0 Å². The molecule has 0 aliphatic heterocycles. The number of benzene rings is 1. The Balaban J connectivity index is 2.87. The Morgan fingerprint density at radius 3 is 3.00 bits per heavy atom. The van der Waals surface area contributed by atoms with Gasteiger partial charge in [0.2, 0.25) is 0 Å². The van der Waals surface area contributed by atoms with E-state index in [0.717, 1.165) is 13.8 Å². The number of imidazole rings is 1. The molecule has 2 aromatic rings. The molecule has 0 aliphatic carbocycles. The van der Waals surface area contributed by atoms with Crippen molar-refractivity contribution in [3.05, 3.63) is 26.5 Å². The Kier molecular flexibility index (Phi) is 2.12. The maximum Gasteiger partial charge on any atom is 0.172 e. The third-order valence-electron chi connectivity index (χ3n) is 1.79. The summed E-state index contributed by atoms with van der Waals surface area (Å²) < 4.78 is 4.16. The summed E-state index contributed by atoms with van der Waals surface area (Å²) in [6.45, 7) is 0. The first-order valence-electron chi connectivity index (χ1n) is 3.46. The predicted octanol–water partition coefficient (Wildman–Crippen LogP) is 2.94. The Bertz CT molecular complexity index is 436. The fourth-order valence-corrected chi connectivity index (χ4v) is 2.01. The SMILES string of the molecule is Cn1c(I)nc2cc(Br)ccc21. The molecule has 0 unspecified atom stereocenters. The minimum absolute atomic E-state index is 1.01. The van der Waals surface area contributed by atoms with Crippen molar-refractivity contribution in [3.8, 4) is 0 Å². The second kappa shape index (κ2) is 2.99. The minimum Gasteiger partial charge on any atom is -0.322 e. The first-order valence-corrected chi connectivity index (χ1v) is 5.33. The number of aryl methyl sites for hydroxylation is 1. The van der Waals surface area contributed by atoms with E-state index in [-0.39, 0.29) is 0 Å². The molecule has 4 heteroatoms. The van der Waals surface area contributed by atoms with Gasteiger partial charge in [-0.15, -0.1) is 0 Å². The van der Waals surface area contributed by atoms with Gasteiger partial charge in [-0.3, -0.25) is 0 Å². The molecule has 0 aliphatic rings. The zero-order valence-electron chi connectivity index (χ0n) is 6.38. The zero-order valence-corrected chi connectivity index (χ0v) is 10.1. The lowest BCUT2D eigenvalue weighted by molar-refractivity contribution is 0.908. The zero-order chi connectivity index (χ0) is 8.72. The van der Waals surface area contributed by atoms with Gasteiger partial charge in [-0.1, -0.05) is 15.9 Å². The number of nitrogens with zero attached hydrogens (tertiary/aromatic N) is 2. The first kappa shape index (κ1) is 8.50. The van der Waals surface area contributed by atoms with E-state index in [4.69, 9.17) is 0 Å². The minimum atomic E-state index is 1.01. The highest BCUT2D eigenvalue weighted by molar-refractivity contribution is 14.1. The van der Waals surface area contributed by atoms with Crippen LogP contribution in [0.3, 0.4) is 0 Å². The summed E-state index contributed by atoms with van der Waals surface area (Å²) in [7, 11) is 2.02. The molecule has 12 heavy (non-hydrogen) atoms. The maximum atomic E-state index is 4.39. The third kappa shape index (κ3) is 1.26. The van der Waals surface area contributed by atoms with Crippen LogP contribution in [0.4, 0.5) is 0 Å². The van der Waals surface area contributed by atoms with Crippen molar-refractivity contribution in [3.63, 3.8) is 0 Å². The topological polar surface area (TPSA) is 17.8 Å². The number of rotatable bonds is 0. The van der Waals surface area contributed by atoms with Gasteiger partial charge < -0.3 is 4.57 Å². The van der Waals surface area contributed by atoms with E-state index in [0.29, 0.717) is 0 Å². The smallest absolute Gasteiger partial charge is 0.172 e. The average molecular weight is 337 g/mol. The highest BCUT2D eigenvalue weighted by Crippen LogP contribution is 2.20. The quantitative estimate of drug-likeness (QED) is 0.676. The highest BCUT2D eigenvalue weighted by atomic mass is 127. The van der Waals surface area contributed by atoms with E-state index in [1.165, 1.54) is 5.52 Å². The van der Waals surface area contributed by atoms with Crippen molar-refractivity contribution in [1.82, 2.24) is 9.55 Å². The van der Waals surface area contributed by atoms with Crippen molar-refractivity contribution in [1.29, 1.82) is 0 Å². The van der Waals surface area contributed by atoms with Gasteiger partial charge in [0, 0.05) is 11.5 Å². The number of halogens is 2. The number of fused-ring (bicyclic) bond motifs is 1. The van der Waals surface area contributed by atoms with E-state index >= 15 is 0 Å². The molecule has 2 rings (SSSR count). The van der Waals surface area contributed by atoms with Crippen molar-refractivity contribution in [2.75, 3.05) is 0 Å². The molecule has 0 spiro atoms. The fourth-order valence-electron chi connectivity index (χ4n) is 1.14. The van der Waals surface area contributed by atoms with Gasteiger partial charge in [0.1, 0.15) is 0 Å². The monoisotopic (exact) mass is 336 g/mol. The van der Waals surface area contributed by atoms with Crippen LogP contribution in [-0.4, -0.2) is 9.55 Å². The maximum absolute atomic E-state index is 4.39. The molecule has 0 saturated carbocycles. The number of aromatic nitrogens is 2. The van der Waals surface area contributed by atoms with Crippen molar-refractivity contribution in [2.45, 2.75) is 0 Å². The Morgan fingerprint density at radius 2 is 2.25 bits per heavy atom. The van der Waals surface area contributed by atoms with Gasteiger partial charge in [-0.2, -0.15) is 0 Å². The van der Waals surface area contributed by atoms with Crippen LogP contribution in [0.15, 0.2) is 22.7 Å². The van der Waals surface area contributed by atoms with E-state index in [9.17, 15) is 0 Å². The van der Waals surface area contributed by atoms with Gasteiger partial charge in [-0.25, -0.2) is 4.98 Å². The van der Waals surface area contributed by atoms with E-state index in [2.05, 4.69) is 54.1 Å². The van der Waals surface area contributed by atoms with Crippen LogP contribution in [-0.2, 0) is 7.05 Å². The van der Waals surface area contributed by atoms with Gasteiger partial charge in [-0.05, 0) is 40.8 Å². The molecule has 2 nitrogen and oxygen atoms in total. The predicted molar refractivity (Wildman–Crippen MR) is 61.1 cm³/mol. The highest BCUT2D eigenvalue weighted by Gasteiger charge is 2.03. The largest absolute Gasteiger partial charge is 0.322 e. The molecular weight excluding hydrogens is 331 g/mol. The molecular formula is C8H6BrIN2. The summed E-state index contributed by atoms with van der Waals surface area (Å²) in [6.07, 6.45) is 0. The van der Waals surface area contributed by atoms with E-state index in [1.807, 2.05) is 19.2 Å². The Hall–Kier alpha value is -0.100. The van der Waals surface area contributed by atoms with Crippen LogP contribution in [0.2, 0.25) is 0 Å². The van der Waals surface area contributed by atoms with Gasteiger partial charge in [0.25, 0.3) is 0 Å². The van der Waals surface area contributed by atoms with Gasteiger partial charge in [0.15, 0.2) is 3.83 Å². The lowest BCUT2D eigenvalue weighted by atomic mass is 10.3. The lowest BCUT2D eigenvalue weighted by Gasteiger charge is -1.94. The van der Waals surface area contributed by atoms with Gasteiger partial charge in [0.05, 0.1) is 11.0 Å². The third-order valence-corrected chi connectivity index (χ3v) is 3.25. The average Bonchev–Trinajstić information content (AvgIpc) is 2.28. The standard InChI is InChI=1S/C8H6BrIN2/c1-12-7-3-2-5(9)4-6(7)11-8(12)10/h2-4H,1H3. The van der Waals surface area contributed by atoms with Crippen LogP contribution >= 0.6 is 38.5 Å². The van der Waals surface area contributed by atoms with Crippen molar-refractivity contribution >= 4 is 49.6 Å². The van der Waals surface area contributed by atoms with Crippen LogP contribution < -0.4 is 0 Å². The van der Waals surface area contributed by atoms with Crippen LogP contribution in [0, 0.1) is 3.83 Å². The molecule has 0 N–H and O–H groups in total. The summed E-state index contributed by atoms with van der Waals surface area (Å²) in [5.74, 6) is 0. The molecule has 0 amide bonds. The lowest BCUT2D eigenvalue weighted by Crippen LogP contribution is -1.89. The summed E-state index contributed by atoms with van der Waals surface area (Å²) in [6, 6.07) is 6.12. The van der Waals surface area contributed by atoms with E-state index < -0.39 is 0 Å². The fraction of sp³-hybridized carbons (Fsp3) is 0.125. The molecule has 1 aromatic carbocycles. The second-order valence-electron chi connectivity index (χ2n) is 2.57. The molecule has 0 radical (unpaired) electrons. The molecule has 0 atom stereocenters. The molecule has 1 aromatic heterocycles. The number of hydrogen-bond donors (Lipinski definition) is 0.